The molecule has 0 aliphatic heterocycles. The first-order valence-corrected chi connectivity index (χ1v) is 7.68. The first-order chi connectivity index (χ1) is 11.1. The van der Waals surface area contributed by atoms with Crippen LogP contribution >= 0.6 is 0 Å². The number of hydrogen-bond donors (Lipinski definition) is 1. The van der Waals surface area contributed by atoms with E-state index in [0.29, 0.717) is 25.0 Å². The standard InChI is InChI=1S/C16H17F6NO/c17-15(18,19)11-7-10(8-12(9-11)16(20,21)22)14(24)23-13-5-3-1-2-4-6-13/h7-9,13H,1-6H2,(H,23,24). The predicted octanol–water partition coefficient (Wildman–Crippen LogP) is 5.18. The van der Waals surface area contributed by atoms with E-state index >= 15 is 0 Å². The molecule has 2 nitrogen and oxygen atoms in total. The third kappa shape index (κ3) is 4.88. The van der Waals surface area contributed by atoms with Gasteiger partial charge >= 0.3 is 12.4 Å². The van der Waals surface area contributed by atoms with E-state index in [9.17, 15) is 31.1 Å². The molecule has 24 heavy (non-hydrogen) atoms. The van der Waals surface area contributed by atoms with Gasteiger partial charge < -0.3 is 5.32 Å². The zero-order valence-electron chi connectivity index (χ0n) is 12.7. The highest BCUT2D eigenvalue weighted by Gasteiger charge is 2.37. The summed E-state index contributed by atoms with van der Waals surface area (Å²) in [6.45, 7) is 0. The van der Waals surface area contributed by atoms with Crippen LogP contribution in [-0.2, 0) is 12.4 Å². The lowest BCUT2D eigenvalue weighted by atomic mass is 10.0. The van der Waals surface area contributed by atoms with Crippen LogP contribution in [0.4, 0.5) is 26.3 Å². The fourth-order valence-corrected chi connectivity index (χ4v) is 2.78. The van der Waals surface area contributed by atoms with Gasteiger partial charge in [-0.1, -0.05) is 25.7 Å². The van der Waals surface area contributed by atoms with Gasteiger partial charge in [0.2, 0.25) is 0 Å². The quantitative estimate of drug-likeness (QED) is 0.576. The van der Waals surface area contributed by atoms with Crippen LogP contribution < -0.4 is 5.32 Å². The van der Waals surface area contributed by atoms with Gasteiger partial charge in [-0.2, -0.15) is 26.3 Å². The van der Waals surface area contributed by atoms with Gasteiger partial charge in [0.1, 0.15) is 0 Å². The summed E-state index contributed by atoms with van der Waals surface area (Å²) in [7, 11) is 0. The van der Waals surface area contributed by atoms with E-state index in [2.05, 4.69) is 5.32 Å². The number of alkyl halides is 6. The molecule has 1 amide bonds. The molecule has 0 heterocycles. The van der Waals surface area contributed by atoms with Gasteiger partial charge in [0, 0.05) is 11.6 Å². The van der Waals surface area contributed by atoms with Gasteiger partial charge in [0.25, 0.3) is 5.91 Å². The number of benzene rings is 1. The van der Waals surface area contributed by atoms with Gasteiger partial charge in [0.05, 0.1) is 11.1 Å². The third-order valence-corrected chi connectivity index (χ3v) is 4.04. The molecule has 0 saturated heterocycles. The molecular weight excluding hydrogens is 336 g/mol. The SMILES string of the molecule is O=C(NC1CCCCCC1)c1cc(C(F)(F)F)cc(C(F)(F)F)c1. The van der Waals surface area contributed by atoms with Crippen molar-refractivity contribution >= 4 is 5.91 Å². The molecule has 0 atom stereocenters. The zero-order chi connectivity index (χ0) is 18.0. The number of carbonyl (C=O) groups is 1. The summed E-state index contributed by atoms with van der Waals surface area (Å²) in [5, 5.41) is 2.56. The second-order valence-electron chi connectivity index (χ2n) is 5.96. The molecule has 1 N–H and O–H groups in total. The number of hydrogen-bond acceptors (Lipinski definition) is 1. The number of amides is 1. The maximum Gasteiger partial charge on any atom is 0.416 e. The van der Waals surface area contributed by atoms with E-state index in [-0.39, 0.29) is 12.1 Å². The summed E-state index contributed by atoms with van der Waals surface area (Å²) in [5.41, 5.74) is -3.59. The molecular formula is C16H17F6NO. The van der Waals surface area contributed by atoms with Crippen molar-refractivity contribution in [3.8, 4) is 0 Å². The Bertz CT molecular complexity index is 553. The lowest BCUT2D eigenvalue weighted by Crippen LogP contribution is -2.34. The molecule has 1 aromatic carbocycles. The van der Waals surface area contributed by atoms with Gasteiger partial charge in [-0.3, -0.25) is 4.79 Å². The summed E-state index contributed by atoms with van der Waals surface area (Å²) in [6.07, 6.45) is -4.80. The molecule has 2 rings (SSSR count). The molecule has 8 heteroatoms. The van der Waals surface area contributed by atoms with E-state index in [0.717, 1.165) is 25.7 Å². The molecule has 1 fully saturated rings. The van der Waals surface area contributed by atoms with Crippen molar-refractivity contribution in [3.63, 3.8) is 0 Å². The Morgan fingerprint density at radius 2 is 1.29 bits per heavy atom. The van der Waals surface area contributed by atoms with Crippen LogP contribution in [0.15, 0.2) is 18.2 Å². The van der Waals surface area contributed by atoms with Crippen molar-refractivity contribution in [2.45, 2.75) is 56.9 Å². The second kappa shape index (κ2) is 7.03. The second-order valence-corrected chi connectivity index (χ2v) is 5.96. The van der Waals surface area contributed by atoms with Crippen molar-refractivity contribution in [3.05, 3.63) is 34.9 Å². The average Bonchev–Trinajstić information content (AvgIpc) is 2.73. The van der Waals surface area contributed by atoms with Crippen LogP contribution in [0.2, 0.25) is 0 Å². The lowest BCUT2D eigenvalue weighted by molar-refractivity contribution is -0.143. The first kappa shape index (κ1) is 18.6. The van der Waals surface area contributed by atoms with Gasteiger partial charge in [-0.05, 0) is 31.0 Å². The Kier molecular flexibility index (Phi) is 5.45. The van der Waals surface area contributed by atoms with Crippen molar-refractivity contribution < 1.29 is 31.1 Å². The van der Waals surface area contributed by atoms with E-state index in [1.165, 1.54) is 0 Å². The first-order valence-electron chi connectivity index (χ1n) is 7.68. The van der Waals surface area contributed by atoms with Gasteiger partial charge in [-0.25, -0.2) is 0 Å². The molecule has 0 radical (unpaired) electrons. The monoisotopic (exact) mass is 353 g/mol. The molecule has 0 bridgehead atoms. The van der Waals surface area contributed by atoms with Crippen LogP contribution in [0.1, 0.15) is 60.0 Å². The Balaban J connectivity index is 2.28. The van der Waals surface area contributed by atoms with Crippen LogP contribution in [0.3, 0.4) is 0 Å². The largest absolute Gasteiger partial charge is 0.416 e. The maximum atomic E-state index is 12.8. The number of nitrogens with one attached hydrogen (secondary N) is 1. The van der Waals surface area contributed by atoms with Crippen molar-refractivity contribution in [1.82, 2.24) is 5.32 Å². The third-order valence-electron chi connectivity index (χ3n) is 4.04. The van der Waals surface area contributed by atoms with Crippen molar-refractivity contribution in [2.75, 3.05) is 0 Å². The fourth-order valence-electron chi connectivity index (χ4n) is 2.78. The fraction of sp³-hybridized carbons (Fsp3) is 0.562. The summed E-state index contributed by atoms with van der Waals surface area (Å²) in [5.74, 6) is -0.904. The number of rotatable bonds is 2. The van der Waals surface area contributed by atoms with E-state index in [1.807, 2.05) is 0 Å². The van der Waals surface area contributed by atoms with Gasteiger partial charge in [0.15, 0.2) is 0 Å². The molecule has 1 aliphatic rings. The van der Waals surface area contributed by atoms with Crippen molar-refractivity contribution in [1.29, 1.82) is 0 Å². The zero-order valence-corrected chi connectivity index (χ0v) is 12.7. The van der Waals surface area contributed by atoms with Crippen LogP contribution in [0, 0.1) is 0 Å². The van der Waals surface area contributed by atoms with E-state index in [1.54, 1.807) is 0 Å². The van der Waals surface area contributed by atoms with Crippen molar-refractivity contribution in [2.24, 2.45) is 0 Å². The minimum absolute atomic E-state index is 0.0163. The summed E-state index contributed by atoms with van der Waals surface area (Å²) in [6, 6.07) is 0.717. The van der Waals surface area contributed by atoms with Gasteiger partial charge in [-0.15, -0.1) is 0 Å². The smallest absolute Gasteiger partial charge is 0.349 e. The Hall–Kier alpha value is -1.73. The molecule has 0 aromatic heterocycles. The van der Waals surface area contributed by atoms with Crippen LogP contribution in [-0.4, -0.2) is 11.9 Å². The lowest BCUT2D eigenvalue weighted by Gasteiger charge is -2.18. The van der Waals surface area contributed by atoms with E-state index in [4.69, 9.17) is 0 Å². The minimum atomic E-state index is -4.96. The normalized spacial score (nSPS) is 17.4. The summed E-state index contributed by atoms with van der Waals surface area (Å²) < 4.78 is 76.9. The molecule has 0 spiro atoms. The Labute approximate surface area is 135 Å². The molecule has 0 unspecified atom stereocenters. The predicted molar refractivity (Wildman–Crippen MR) is 75.4 cm³/mol. The number of carbonyl (C=O) groups excluding carboxylic acids is 1. The molecule has 1 aliphatic carbocycles. The number of halogens is 6. The summed E-state index contributed by atoms with van der Waals surface area (Å²) in [4.78, 5) is 12.1. The van der Waals surface area contributed by atoms with E-state index < -0.39 is 35.0 Å². The highest BCUT2D eigenvalue weighted by molar-refractivity contribution is 5.94. The molecule has 1 saturated carbocycles. The highest BCUT2D eigenvalue weighted by Crippen LogP contribution is 2.36. The minimum Gasteiger partial charge on any atom is -0.349 e. The average molecular weight is 353 g/mol. The molecule has 134 valence electrons. The summed E-state index contributed by atoms with van der Waals surface area (Å²) >= 11 is 0. The Morgan fingerprint density at radius 1 is 0.833 bits per heavy atom. The molecule has 1 aromatic rings. The topological polar surface area (TPSA) is 29.1 Å². The maximum absolute atomic E-state index is 12.8. The van der Waals surface area contributed by atoms with Crippen LogP contribution in [0.5, 0.6) is 0 Å². The van der Waals surface area contributed by atoms with Crippen LogP contribution in [0.25, 0.3) is 0 Å². The Morgan fingerprint density at radius 3 is 1.71 bits per heavy atom. The highest BCUT2D eigenvalue weighted by atomic mass is 19.4.